The topological polar surface area (TPSA) is 30.9 Å². The molecule has 0 radical (unpaired) electrons. The van der Waals surface area contributed by atoms with Crippen LogP contribution in [-0.4, -0.2) is 52.8 Å². The van der Waals surface area contributed by atoms with Crippen LogP contribution < -0.4 is 0 Å². The molecule has 4 nitrogen and oxygen atoms in total. The second-order valence-electron chi connectivity index (χ2n) is 4.69. The van der Waals surface area contributed by atoms with E-state index in [1.54, 1.807) is 0 Å². The van der Waals surface area contributed by atoms with Crippen molar-refractivity contribution in [3.8, 4) is 0 Å². The van der Waals surface area contributed by atoms with E-state index < -0.39 is 8.80 Å². The van der Waals surface area contributed by atoms with Gasteiger partial charge in [-0.15, -0.1) is 0 Å². The molecule has 0 saturated carbocycles. The first kappa shape index (κ1) is 19.1. The van der Waals surface area contributed by atoms with E-state index in [-0.39, 0.29) is 0 Å². The summed E-state index contributed by atoms with van der Waals surface area (Å²) in [6.45, 7) is 14.9. The first-order chi connectivity index (χ1) is 9.17. The number of rotatable bonds is 13. The molecule has 0 unspecified atom stereocenters. The highest BCUT2D eigenvalue weighted by atomic mass is 28.4. The second-order valence-corrected chi connectivity index (χ2v) is 7.24. The predicted octanol–water partition coefficient (Wildman–Crippen LogP) is 3.09. The molecule has 116 valence electrons. The first-order valence-corrected chi connectivity index (χ1v) is 9.75. The first-order valence-electron chi connectivity index (χ1n) is 7.82. The number of nitrogens with zero attached hydrogens (tertiary/aromatic N) is 1. The van der Waals surface area contributed by atoms with E-state index in [9.17, 15) is 0 Å². The molecule has 0 bridgehead atoms. The minimum atomic E-state index is -2.54. The van der Waals surface area contributed by atoms with Crippen LogP contribution in [0.5, 0.6) is 0 Å². The molecular weight excluding hydrogens is 258 g/mol. The average molecular weight is 292 g/mol. The summed E-state index contributed by atoms with van der Waals surface area (Å²) < 4.78 is 18.2. The zero-order valence-electron chi connectivity index (χ0n) is 13.5. The molecule has 0 atom stereocenters. The lowest BCUT2D eigenvalue weighted by Gasteiger charge is -2.33. The van der Waals surface area contributed by atoms with Crippen LogP contribution in [0.2, 0.25) is 0 Å². The molecule has 0 aliphatic heterocycles. The zero-order chi connectivity index (χ0) is 14.6. The van der Waals surface area contributed by atoms with Gasteiger partial charge in [-0.1, -0.05) is 34.6 Å². The molecular formula is C14H33NO3Si. The maximum absolute atomic E-state index is 6.07. The molecule has 19 heavy (non-hydrogen) atoms. The third-order valence-electron chi connectivity index (χ3n) is 2.89. The fourth-order valence-electron chi connectivity index (χ4n) is 1.76. The molecule has 0 aromatic carbocycles. The molecule has 0 amide bonds. The standard InChI is InChI=1S/C14H33NO3Si/c1-6-11-16-19(17-12-7-2,18-13-8-3)14-15(9-4)10-5/h6-14H2,1-5H3. The van der Waals surface area contributed by atoms with Gasteiger partial charge in [0.05, 0.1) is 6.17 Å². The maximum Gasteiger partial charge on any atom is 0.515 e. The highest BCUT2D eigenvalue weighted by Crippen LogP contribution is 2.14. The molecule has 0 aliphatic carbocycles. The Morgan fingerprint density at radius 3 is 1.32 bits per heavy atom. The van der Waals surface area contributed by atoms with E-state index in [0.717, 1.165) is 58.3 Å². The van der Waals surface area contributed by atoms with Crippen LogP contribution in [0.4, 0.5) is 0 Å². The van der Waals surface area contributed by atoms with E-state index in [4.69, 9.17) is 13.3 Å². The fraction of sp³-hybridized carbons (Fsp3) is 1.00. The molecule has 0 N–H and O–H groups in total. The van der Waals surface area contributed by atoms with Crippen LogP contribution in [0, 0.1) is 0 Å². The second kappa shape index (κ2) is 11.8. The third-order valence-corrected chi connectivity index (χ3v) is 5.66. The van der Waals surface area contributed by atoms with Gasteiger partial charge in [0.1, 0.15) is 0 Å². The Labute approximate surface area is 120 Å². The van der Waals surface area contributed by atoms with Crippen molar-refractivity contribution in [2.45, 2.75) is 53.9 Å². The van der Waals surface area contributed by atoms with Crippen molar-refractivity contribution in [3.05, 3.63) is 0 Å². The monoisotopic (exact) mass is 291 g/mol. The van der Waals surface area contributed by atoms with Crippen LogP contribution in [0.25, 0.3) is 0 Å². The van der Waals surface area contributed by atoms with Crippen LogP contribution >= 0.6 is 0 Å². The summed E-state index contributed by atoms with van der Waals surface area (Å²) in [5.41, 5.74) is 0. The largest absolute Gasteiger partial charge is 0.515 e. The van der Waals surface area contributed by atoms with Gasteiger partial charge in [0.15, 0.2) is 0 Å². The van der Waals surface area contributed by atoms with Gasteiger partial charge in [-0.25, -0.2) is 0 Å². The SMILES string of the molecule is CCCO[Si](CN(CC)CC)(OCCC)OCCC. The Hall–Kier alpha value is 0.0569. The summed E-state index contributed by atoms with van der Waals surface area (Å²) in [5, 5.41) is 0. The van der Waals surface area contributed by atoms with Crippen LogP contribution in [0.1, 0.15) is 53.9 Å². The van der Waals surface area contributed by atoms with E-state index >= 15 is 0 Å². The zero-order valence-corrected chi connectivity index (χ0v) is 14.5. The number of hydrogen-bond acceptors (Lipinski definition) is 4. The Kier molecular flexibility index (Phi) is 11.9. The summed E-state index contributed by atoms with van der Waals surface area (Å²) >= 11 is 0. The van der Waals surface area contributed by atoms with Gasteiger partial charge in [-0.2, -0.15) is 0 Å². The van der Waals surface area contributed by atoms with Crippen LogP contribution in [0.15, 0.2) is 0 Å². The molecule has 0 saturated heterocycles. The van der Waals surface area contributed by atoms with Gasteiger partial charge < -0.3 is 13.3 Å². The van der Waals surface area contributed by atoms with Gasteiger partial charge in [0, 0.05) is 19.8 Å². The lowest BCUT2D eigenvalue weighted by molar-refractivity contribution is 0.0469. The molecule has 0 rings (SSSR count). The van der Waals surface area contributed by atoms with Gasteiger partial charge in [-0.05, 0) is 32.4 Å². The van der Waals surface area contributed by atoms with E-state index in [1.165, 1.54) is 0 Å². The molecule has 0 heterocycles. The summed E-state index contributed by atoms with van der Waals surface area (Å²) in [7, 11) is -2.54. The predicted molar refractivity (Wildman–Crippen MR) is 82.3 cm³/mol. The minimum absolute atomic E-state index is 0.723. The normalized spacial score (nSPS) is 12.3. The van der Waals surface area contributed by atoms with Crippen molar-refractivity contribution in [1.82, 2.24) is 4.90 Å². The smallest absolute Gasteiger partial charge is 0.373 e. The van der Waals surface area contributed by atoms with Gasteiger partial charge in [0.25, 0.3) is 0 Å². The lowest BCUT2D eigenvalue weighted by Crippen LogP contribution is -2.55. The van der Waals surface area contributed by atoms with E-state index in [1.807, 2.05) is 0 Å². The number of hydrogen-bond donors (Lipinski definition) is 0. The van der Waals surface area contributed by atoms with Gasteiger partial charge in [0.2, 0.25) is 0 Å². The quantitative estimate of drug-likeness (QED) is 0.488. The fourth-order valence-corrected chi connectivity index (χ4v) is 4.82. The highest BCUT2D eigenvalue weighted by molar-refractivity contribution is 6.60. The molecule has 0 fully saturated rings. The molecule has 0 spiro atoms. The summed E-state index contributed by atoms with van der Waals surface area (Å²) in [4.78, 5) is 2.34. The Balaban J connectivity index is 4.74. The average Bonchev–Trinajstić information content (AvgIpc) is 2.45. The van der Waals surface area contributed by atoms with Crippen LogP contribution in [-0.2, 0) is 13.3 Å². The van der Waals surface area contributed by atoms with E-state index in [2.05, 4.69) is 39.5 Å². The van der Waals surface area contributed by atoms with Crippen molar-refractivity contribution in [2.75, 3.05) is 39.1 Å². The Bertz CT molecular complexity index is 179. The van der Waals surface area contributed by atoms with Gasteiger partial charge in [-0.3, -0.25) is 4.90 Å². The highest BCUT2D eigenvalue weighted by Gasteiger charge is 2.42. The van der Waals surface area contributed by atoms with Crippen molar-refractivity contribution < 1.29 is 13.3 Å². The molecule has 5 heteroatoms. The Morgan fingerprint density at radius 1 is 0.684 bits per heavy atom. The maximum atomic E-state index is 6.07. The summed E-state index contributed by atoms with van der Waals surface area (Å²) in [5.74, 6) is 0. The van der Waals surface area contributed by atoms with Crippen molar-refractivity contribution in [1.29, 1.82) is 0 Å². The Morgan fingerprint density at radius 2 is 1.05 bits per heavy atom. The summed E-state index contributed by atoms with van der Waals surface area (Å²) in [6, 6.07) is 0. The lowest BCUT2D eigenvalue weighted by atomic mass is 10.5. The minimum Gasteiger partial charge on any atom is -0.373 e. The van der Waals surface area contributed by atoms with Crippen molar-refractivity contribution >= 4 is 8.80 Å². The third kappa shape index (κ3) is 8.04. The summed E-state index contributed by atoms with van der Waals surface area (Å²) in [6.07, 6.45) is 3.80. The van der Waals surface area contributed by atoms with Crippen LogP contribution in [0.3, 0.4) is 0 Å². The molecule has 0 aliphatic rings. The van der Waals surface area contributed by atoms with E-state index in [0.29, 0.717) is 0 Å². The van der Waals surface area contributed by atoms with Gasteiger partial charge >= 0.3 is 8.80 Å². The van der Waals surface area contributed by atoms with Crippen molar-refractivity contribution in [2.24, 2.45) is 0 Å². The molecule has 0 aromatic rings. The van der Waals surface area contributed by atoms with Crippen molar-refractivity contribution in [3.63, 3.8) is 0 Å². The molecule has 0 aromatic heterocycles.